The summed E-state index contributed by atoms with van der Waals surface area (Å²) < 4.78 is 156. The van der Waals surface area contributed by atoms with Crippen LogP contribution in [0.3, 0.4) is 0 Å². The highest BCUT2D eigenvalue weighted by atomic mass is 35.5. The topological polar surface area (TPSA) is 302 Å². The van der Waals surface area contributed by atoms with Gasteiger partial charge in [-0.05, 0) is 32.6 Å². The highest BCUT2D eigenvalue weighted by molar-refractivity contribution is 7.86. The number of hydrogen-bond acceptors (Lipinski definition) is 13. The van der Waals surface area contributed by atoms with Crippen LogP contribution in [0.2, 0.25) is 0 Å². The summed E-state index contributed by atoms with van der Waals surface area (Å²) in [6.07, 6.45) is 30.9. The molecule has 0 spiro atoms. The molecule has 4 unspecified atom stereocenters. The van der Waals surface area contributed by atoms with E-state index in [1.165, 1.54) is 0 Å². The molecule has 5 heterocycles. The zero-order valence-electron chi connectivity index (χ0n) is 38.3. The van der Waals surface area contributed by atoms with Gasteiger partial charge in [-0.25, -0.2) is 79.3 Å². The maximum absolute atomic E-state index is 11.5. The largest absolute Gasteiger partial charge is 1.00 e. The van der Waals surface area contributed by atoms with E-state index < -0.39 is 63.5 Å². The fraction of sp³-hybridized carbons (Fsp3) is 0.600. The van der Waals surface area contributed by atoms with Gasteiger partial charge in [0.15, 0.2) is 0 Å². The minimum Gasteiger partial charge on any atom is -1.00 e. The standard InChI is InChI=1S/C40H61N11O13S4.ClH/c1-37(49-20-17-44(34-49)10-4-24-66(56,57)58)27-39(50-21-18-45(35-50)11-5-25-67(59,60)61)28-40(51-22-19-46(36-51)12-6-26-68(62,63)64)38(29-47-15-13-42(32-47)8-2-7-41-31-52)30-48-16-14-43(33-48)9-3-23-65(53,54)55;/h13-22,31-40H,2-12,23-30H2,1H3;1H. The molecule has 69 heavy (non-hydrogen) atoms. The Hall–Kier alpha value is -4.55. The predicted molar refractivity (Wildman–Crippen MR) is 234 cm³/mol. The van der Waals surface area contributed by atoms with Crippen LogP contribution in [0.5, 0.6) is 0 Å². The molecule has 5 aromatic rings. The molecule has 29 heteroatoms. The number of nitrogens with one attached hydrogen (secondary N) is 1. The van der Waals surface area contributed by atoms with E-state index in [1.54, 1.807) is 12.4 Å². The van der Waals surface area contributed by atoms with Crippen molar-refractivity contribution in [2.24, 2.45) is 5.92 Å². The molecule has 386 valence electrons. The monoisotopic (exact) mass is 1070 g/mol. The number of rotatable bonds is 33. The summed E-state index contributed by atoms with van der Waals surface area (Å²) in [4.78, 5) is 10.8. The fourth-order valence-corrected chi connectivity index (χ4v) is 10.2. The number of hydrogen-bond donors (Lipinski definition) is 1. The molecule has 0 aliphatic carbocycles. The van der Waals surface area contributed by atoms with Gasteiger partial charge in [-0.3, -0.25) is 4.79 Å². The van der Waals surface area contributed by atoms with Crippen LogP contribution in [0, 0.1) is 5.92 Å². The van der Waals surface area contributed by atoms with Crippen molar-refractivity contribution >= 4 is 46.9 Å². The van der Waals surface area contributed by atoms with Gasteiger partial charge in [0.2, 0.25) is 38.0 Å². The number of imidazole rings is 5. The Labute approximate surface area is 409 Å². The third-order valence-corrected chi connectivity index (χ3v) is 14.7. The summed E-state index contributed by atoms with van der Waals surface area (Å²) in [6.45, 7) is 5.23. The second-order valence-corrected chi connectivity index (χ2v) is 23.3. The lowest BCUT2D eigenvalue weighted by Gasteiger charge is -2.26. The maximum atomic E-state index is 11.5. The summed E-state index contributed by atoms with van der Waals surface area (Å²) in [6, 6.07) is -0.712. The molecule has 0 aliphatic rings. The summed E-state index contributed by atoms with van der Waals surface area (Å²) in [5.41, 5.74) is 0. The van der Waals surface area contributed by atoms with Crippen LogP contribution in [0.25, 0.3) is 0 Å². The van der Waals surface area contributed by atoms with Gasteiger partial charge < -0.3 is 35.9 Å². The number of nitrogens with zero attached hydrogens (tertiary/aromatic N) is 10. The molecular formula is C40H62ClN11O13S4. The number of aryl methyl sites for hydroxylation is 5. The third-order valence-electron chi connectivity index (χ3n) is 11.6. The van der Waals surface area contributed by atoms with Gasteiger partial charge in [-0.15, -0.1) is 0 Å². The molecular weight excluding hydrogens is 1010 g/mol. The molecule has 0 aliphatic heterocycles. The number of carbonyl (C=O) groups is 1. The SMILES string of the molecule is CC(CC(CC(C(C[n+]1ccn(CCCNC=O)c1)C[n+]1ccn(CCCS(=O)(=O)[O-])c1)n1cc[n+](CCCS(=O)(=O)[O-])c1)n1cc[n+](CCCS(=O)(=O)[O-])c1)n1cc[n+](CCCS(=O)(=O)[O-])c1.[Cl-]. The third kappa shape index (κ3) is 21.1. The number of halogens is 1. The highest BCUT2D eigenvalue weighted by Gasteiger charge is 2.37. The Balaban J connectivity index is 0.0000104. The second-order valence-electron chi connectivity index (χ2n) is 17.2. The van der Waals surface area contributed by atoms with E-state index in [1.807, 2.05) is 125 Å². The van der Waals surface area contributed by atoms with Gasteiger partial charge in [-0.2, -0.15) is 0 Å². The molecule has 0 saturated carbocycles. The number of aromatic nitrogens is 10. The number of carbonyl (C=O) groups excluding carboxylic acids is 1. The molecule has 0 bridgehead atoms. The van der Waals surface area contributed by atoms with Crippen molar-refractivity contribution in [2.45, 2.75) is 116 Å². The van der Waals surface area contributed by atoms with Crippen LogP contribution in [-0.2, 0) is 91.1 Å². The Morgan fingerprint density at radius 3 is 1.41 bits per heavy atom. The average molecular weight is 1070 g/mol. The minimum absolute atomic E-state index is 0. The molecule has 0 saturated heterocycles. The summed E-state index contributed by atoms with van der Waals surface area (Å²) in [5, 5.41) is 2.67. The zero-order chi connectivity index (χ0) is 49.5. The van der Waals surface area contributed by atoms with E-state index in [2.05, 4.69) is 14.5 Å². The van der Waals surface area contributed by atoms with Gasteiger partial charge in [-0.1, -0.05) is 0 Å². The summed E-state index contributed by atoms with van der Waals surface area (Å²) >= 11 is 0. The van der Waals surface area contributed by atoms with Crippen molar-refractivity contribution in [3.63, 3.8) is 0 Å². The Bertz CT molecular complexity index is 2830. The van der Waals surface area contributed by atoms with E-state index in [9.17, 15) is 56.7 Å². The van der Waals surface area contributed by atoms with Crippen molar-refractivity contribution in [1.29, 1.82) is 0 Å². The first-order chi connectivity index (χ1) is 32.0. The van der Waals surface area contributed by atoms with Crippen LogP contribution in [0.1, 0.15) is 70.0 Å². The molecule has 5 rings (SSSR count). The van der Waals surface area contributed by atoms with Crippen molar-refractivity contribution in [3.05, 3.63) is 93.6 Å². The lowest BCUT2D eigenvalue weighted by Crippen LogP contribution is -3.00. The summed E-state index contributed by atoms with van der Waals surface area (Å²) in [5.74, 6) is -2.25. The highest BCUT2D eigenvalue weighted by Crippen LogP contribution is 2.34. The zero-order valence-corrected chi connectivity index (χ0v) is 42.3. The number of amides is 1. The van der Waals surface area contributed by atoms with Crippen molar-refractivity contribution < 1.29 is 91.9 Å². The van der Waals surface area contributed by atoms with Gasteiger partial charge in [0.1, 0.15) is 93.2 Å². The average Bonchev–Trinajstić information content (AvgIpc) is 4.09. The van der Waals surface area contributed by atoms with Gasteiger partial charge in [0.25, 0.3) is 0 Å². The van der Waals surface area contributed by atoms with Crippen molar-refractivity contribution in [1.82, 2.24) is 28.2 Å². The Kier molecular flexibility index (Phi) is 21.5. The van der Waals surface area contributed by atoms with Gasteiger partial charge >= 0.3 is 0 Å². The van der Waals surface area contributed by atoms with Gasteiger partial charge in [0, 0.05) is 48.8 Å². The van der Waals surface area contributed by atoms with Crippen LogP contribution in [-0.4, -0.2) is 111 Å². The van der Waals surface area contributed by atoms with Crippen molar-refractivity contribution in [2.75, 3.05) is 29.6 Å². The smallest absolute Gasteiger partial charge is 0.243 e. The Morgan fingerprint density at radius 1 is 0.522 bits per heavy atom. The first kappa shape index (κ1) is 57.0. The minimum atomic E-state index is -4.44. The lowest BCUT2D eigenvalue weighted by molar-refractivity contribution is -0.738. The van der Waals surface area contributed by atoms with Crippen molar-refractivity contribution in [3.8, 4) is 0 Å². The Morgan fingerprint density at radius 2 is 0.928 bits per heavy atom. The van der Waals surface area contributed by atoms with E-state index in [0.717, 1.165) is 0 Å². The first-order valence-electron chi connectivity index (χ1n) is 22.2. The normalized spacial score (nSPS) is 14.3. The van der Waals surface area contributed by atoms with E-state index in [0.29, 0.717) is 64.9 Å². The van der Waals surface area contributed by atoms with E-state index in [4.69, 9.17) is 0 Å². The predicted octanol–water partition coefficient (Wildman–Crippen LogP) is -5.15. The van der Waals surface area contributed by atoms with Gasteiger partial charge in [0.05, 0.1) is 79.1 Å². The first-order valence-corrected chi connectivity index (χ1v) is 28.5. The fourth-order valence-electron chi connectivity index (χ4n) is 8.31. The summed E-state index contributed by atoms with van der Waals surface area (Å²) in [7, 11) is -17.6. The lowest BCUT2D eigenvalue weighted by atomic mass is 9.90. The second kappa shape index (κ2) is 26.1. The van der Waals surface area contributed by atoms with Crippen LogP contribution >= 0.6 is 0 Å². The quantitative estimate of drug-likeness (QED) is 0.0178. The molecule has 0 radical (unpaired) electrons. The van der Waals surface area contributed by atoms with Crippen LogP contribution in [0.15, 0.2) is 93.6 Å². The molecule has 1 N–H and O–H groups in total. The molecule has 1 amide bonds. The molecule has 4 atom stereocenters. The van der Waals surface area contributed by atoms with Crippen LogP contribution in [0.4, 0.5) is 0 Å². The molecule has 24 nitrogen and oxygen atoms in total. The molecule has 0 fully saturated rings. The maximum Gasteiger partial charge on any atom is 0.243 e. The molecule has 5 aromatic heterocycles. The van der Waals surface area contributed by atoms with E-state index in [-0.39, 0.29) is 75.2 Å². The molecule has 0 aromatic carbocycles. The van der Waals surface area contributed by atoms with E-state index >= 15 is 0 Å². The van der Waals surface area contributed by atoms with Crippen LogP contribution < -0.4 is 40.6 Å².